The molecular formula is C14H28N2O2. The number of rotatable bonds is 4. The van der Waals surface area contributed by atoms with Gasteiger partial charge in [-0.1, -0.05) is 20.8 Å². The van der Waals surface area contributed by atoms with E-state index in [-0.39, 0.29) is 35.9 Å². The smallest absolute Gasteiger partial charge is 0.223 e. The van der Waals surface area contributed by atoms with Gasteiger partial charge in [0.1, 0.15) is 0 Å². The molecule has 18 heavy (non-hydrogen) atoms. The third kappa shape index (κ3) is 3.23. The van der Waals surface area contributed by atoms with E-state index < -0.39 is 0 Å². The van der Waals surface area contributed by atoms with E-state index in [1.54, 1.807) is 0 Å². The van der Waals surface area contributed by atoms with Gasteiger partial charge in [-0.25, -0.2) is 0 Å². The van der Waals surface area contributed by atoms with Gasteiger partial charge in [-0.05, 0) is 37.5 Å². The second kappa shape index (κ2) is 6.02. The molecule has 1 rings (SSSR count). The molecule has 1 aliphatic rings. The molecule has 4 nitrogen and oxygen atoms in total. The van der Waals surface area contributed by atoms with E-state index in [2.05, 4.69) is 26.1 Å². The summed E-state index contributed by atoms with van der Waals surface area (Å²) in [5.74, 6) is 0.475. The summed E-state index contributed by atoms with van der Waals surface area (Å²) in [5, 5.41) is 11.9. The highest BCUT2D eigenvalue weighted by Crippen LogP contribution is 2.44. The molecule has 1 fully saturated rings. The van der Waals surface area contributed by atoms with Crippen molar-refractivity contribution < 1.29 is 9.90 Å². The van der Waals surface area contributed by atoms with Crippen molar-refractivity contribution in [1.82, 2.24) is 5.32 Å². The Morgan fingerprint density at radius 3 is 2.67 bits per heavy atom. The van der Waals surface area contributed by atoms with Crippen molar-refractivity contribution in [2.75, 3.05) is 6.61 Å². The van der Waals surface area contributed by atoms with E-state index in [9.17, 15) is 4.79 Å². The summed E-state index contributed by atoms with van der Waals surface area (Å²) in [7, 11) is 0. The van der Waals surface area contributed by atoms with E-state index in [1.165, 1.54) is 0 Å². The molecule has 0 aromatic rings. The van der Waals surface area contributed by atoms with Crippen LogP contribution in [0.3, 0.4) is 0 Å². The van der Waals surface area contributed by atoms with Crippen molar-refractivity contribution in [2.45, 2.75) is 59.0 Å². The molecule has 1 saturated carbocycles. The van der Waals surface area contributed by atoms with Crippen LogP contribution in [0.2, 0.25) is 0 Å². The second-order valence-corrected chi connectivity index (χ2v) is 6.33. The maximum absolute atomic E-state index is 12.3. The average Bonchev–Trinajstić information content (AvgIpc) is 2.26. The Hall–Kier alpha value is -0.610. The number of hydrogen-bond acceptors (Lipinski definition) is 3. The minimum absolute atomic E-state index is 0.0217. The Morgan fingerprint density at radius 1 is 1.50 bits per heavy atom. The molecule has 0 radical (unpaired) electrons. The molecule has 0 spiro atoms. The van der Waals surface area contributed by atoms with Crippen LogP contribution in [-0.2, 0) is 4.79 Å². The van der Waals surface area contributed by atoms with E-state index in [0.29, 0.717) is 12.3 Å². The van der Waals surface area contributed by atoms with E-state index in [0.717, 1.165) is 12.8 Å². The molecule has 0 bridgehead atoms. The van der Waals surface area contributed by atoms with Crippen LogP contribution in [0, 0.1) is 17.3 Å². The molecule has 0 heterocycles. The molecule has 0 aromatic carbocycles. The Labute approximate surface area is 110 Å². The molecule has 4 unspecified atom stereocenters. The molecule has 4 heteroatoms. The normalized spacial score (nSPS) is 32.9. The minimum Gasteiger partial charge on any atom is -0.396 e. The summed E-state index contributed by atoms with van der Waals surface area (Å²) in [6, 6.07) is 0.225. The van der Waals surface area contributed by atoms with Gasteiger partial charge in [0.15, 0.2) is 0 Å². The third-order valence-corrected chi connectivity index (χ3v) is 4.77. The fraction of sp³-hybridized carbons (Fsp3) is 0.929. The van der Waals surface area contributed by atoms with Gasteiger partial charge in [-0.2, -0.15) is 0 Å². The van der Waals surface area contributed by atoms with Crippen LogP contribution in [0.15, 0.2) is 0 Å². The van der Waals surface area contributed by atoms with Crippen molar-refractivity contribution in [3.05, 3.63) is 0 Å². The van der Waals surface area contributed by atoms with Crippen LogP contribution >= 0.6 is 0 Å². The summed E-state index contributed by atoms with van der Waals surface area (Å²) in [4.78, 5) is 12.3. The number of nitrogens with one attached hydrogen (secondary N) is 1. The molecule has 0 saturated heterocycles. The largest absolute Gasteiger partial charge is 0.396 e. The Morgan fingerprint density at radius 2 is 2.11 bits per heavy atom. The molecule has 1 amide bonds. The second-order valence-electron chi connectivity index (χ2n) is 6.33. The Bertz CT molecular complexity index is 292. The van der Waals surface area contributed by atoms with Crippen LogP contribution in [-0.4, -0.2) is 29.7 Å². The number of amides is 1. The number of hydrogen-bond donors (Lipinski definition) is 3. The van der Waals surface area contributed by atoms with Crippen molar-refractivity contribution in [3.63, 3.8) is 0 Å². The zero-order chi connectivity index (χ0) is 13.9. The zero-order valence-corrected chi connectivity index (χ0v) is 12.1. The van der Waals surface area contributed by atoms with Gasteiger partial charge < -0.3 is 16.2 Å². The summed E-state index contributed by atoms with van der Waals surface area (Å²) in [6.07, 6.45) is 2.38. The zero-order valence-electron chi connectivity index (χ0n) is 12.1. The summed E-state index contributed by atoms with van der Waals surface area (Å²) in [6.45, 7) is 8.45. The lowest BCUT2D eigenvalue weighted by atomic mass is 9.61. The summed E-state index contributed by atoms with van der Waals surface area (Å²) >= 11 is 0. The molecule has 4 N–H and O–H groups in total. The van der Waals surface area contributed by atoms with E-state index in [1.807, 2.05) is 6.92 Å². The van der Waals surface area contributed by atoms with E-state index >= 15 is 0 Å². The average molecular weight is 256 g/mol. The highest BCUT2D eigenvalue weighted by molar-refractivity contribution is 5.79. The Kier molecular flexibility index (Phi) is 5.17. The SMILES string of the molecule is CC(CCO)NC(=O)C1CCC(N)C(C)C1(C)C. The Balaban J connectivity index is 2.67. The van der Waals surface area contributed by atoms with Crippen molar-refractivity contribution in [2.24, 2.45) is 23.0 Å². The third-order valence-electron chi connectivity index (χ3n) is 4.77. The lowest BCUT2D eigenvalue weighted by Crippen LogP contribution is -2.52. The van der Waals surface area contributed by atoms with Gasteiger partial charge in [-0.15, -0.1) is 0 Å². The lowest BCUT2D eigenvalue weighted by molar-refractivity contribution is -0.133. The first-order valence-electron chi connectivity index (χ1n) is 6.97. The summed E-state index contributed by atoms with van der Waals surface area (Å²) in [5.41, 5.74) is 6.03. The predicted molar refractivity (Wildman–Crippen MR) is 73.0 cm³/mol. The van der Waals surface area contributed by atoms with Crippen LogP contribution in [0.5, 0.6) is 0 Å². The highest BCUT2D eigenvalue weighted by Gasteiger charge is 2.45. The molecule has 0 aliphatic heterocycles. The van der Waals surface area contributed by atoms with Gasteiger partial charge in [0.2, 0.25) is 5.91 Å². The van der Waals surface area contributed by atoms with E-state index in [4.69, 9.17) is 10.8 Å². The molecule has 0 aromatic heterocycles. The predicted octanol–water partition coefficient (Wildman–Crippen LogP) is 1.27. The standard InChI is InChI=1S/C14H28N2O2/c1-9(7-8-17)16-13(18)11-5-6-12(15)10(2)14(11,3)4/h9-12,17H,5-8,15H2,1-4H3,(H,16,18). The van der Waals surface area contributed by atoms with Gasteiger partial charge >= 0.3 is 0 Å². The van der Waals surface area contributed by atoms with Gasteiger partial charge in [0.05, 0.1) is 0 Å². The van der Waals surface area contributed by atoms with Crippen LogP contribution < -0.4 is 11.1 Å². The van der Waals surface area contributed by atoms with Crippen LogP contribution in [0.1, 0.15) is 47.0 Å². The van der Waals surface area contributed by atoms with Crippen molar-refractivity contribution >= 4 is 5.91 Å². The number of aliphatic hydroxyl groups excluding tert-OH is 1. The van der Waals surface area contributed by atoms with Crippen LogP contribution in [0.25, 0.3) is 0 Å². The van der Waals surface area contributed by atoms with Gasteiger partial charge in [0.25, 0.3) is 0 Å². The molecular weight excluding hydrogens is 228 g/mol. The lowest BCUT2D eigenvalue weighted by Gasteiger charge is -2.46. The number of nitrogens with two attached hydrogens (primary N) is 1. The first-order valence-corrected chi connectivity index (χ1v) is 6.97. The quantitative estimate of drug-likeness (QED) is 0.709. The molecule has 4 atom stereocenters. The van der Waals surface area contributed by atoms with Crippen molar-refractivity contribution in [3.8, 4) is 0 Å². The maximum atomic E-state index is 12.3. The summed E-state index contributed by atoms with van der Waals surface area (Å²) < 4.78 is 0. The monoisotopic (exact) mass is 256 g/mol. The molecule has 106 valence electrons. The van der Waals surface area contributed by atoms with Crippen molar-refractivity contribution in [1.29, 1.82) is 0 Å². The number of carbonyl (C=O) groups is 1. The first kappa shape index (κ1) is 15.4. The number of carbonyl (C=O) groups excluding carboxylic acids is 1. The van der Waals surface area contributed by atoms with Gasteiger partial charge in [0, 0.05) is 24.6 Å². The topological polar surface area (TPSA) is 75.3 Å². The van der Waals surface area contributed by atoms with Crippen LogP contribution in [0.4, 0.5) is 0 Å². The fourth-order valence-electron chi connectivity index (χ4n) is 2.93. The maximum Gasteiger partial charge on any atom is 0.223 e. The van der Waals surface area contributed by atoms with Gasteiger partial charge in [-0.3, -0.25) is 4.79 Å². The highest BCUT2D eigenvalue weighted by atomic mass is 16.3. The fourth-order valence-corrected chi connectivity index (χ4v) is 2.93. The molecule has 1 aliphatic carbocycles. The minimum atomic E-state index is -0.0688. The number of aliphatic hydroxyl groups is 1. The first-order chi connectivity index (χ1) is 8.30.